The first-order valence-corrected chi connectivity index (χ1v) is 16.3. The molecule has 0 unspecified atom stereocenters. The van der Waals surface area contributed by atoms with Gasteiger partial charge in [0.1, 0.15) is 18.3 Å². The van der Waals surface area contributed by atoms with Crippen molar-refractivity contribution in [1.82, 2.24) is 10.2 Å². The molecule has 47 heavy (non-hydrogen) atoms. The number of ether oxygens (including phenoxy) is 1. The summed E-state index contributed by atoms with van der Waals surface area (Å²) in [6.45, 7) is 2.76. The van der Waals surface area contributed by atoms with Crippen molar-refractivity contribution in [1.29, 1.82) is 0 Å². The van der Waals surface area contributed by atoms with Gasteiger partial charge in [0.2, 0.25) is 11.8 Å². The van der Waals surface area contributed by atoms with Crippen LogP contribution >= 0.6 is 0 Å². The van der Waals surface area contributed by atoms with E-state index in [4.69, 9.17) is 4.74 Å². The maximum Gasteiger partial charge on any atom is 0.416 e. The Labute approximate surface area is 272 Å². The third-order valence-corrected chi connectivity index (χ3v) is 9.25. The lowest BCUT2D eigenvalue weighted by Gasteiger charge is -2.34. The summed E-state index contributed by atoms with van der Waals surface area (Å²) < 4.78 is 75.5. The summed E-state index contributed by atoms with van der Waals surface area (Å²) in [6, 6.07) is 24.3. The number of nitrogens with zero attached hydrogens (tertiary/aromatic N) is 2. The number of amides is 2. The Morgan fingerprint density at radius 3 is 2.17 bits per heavy atom. The van der Waals surface area contributed by atoms with Crippen LogP contribution < -0.4 is 14.4 Å². The van der Waals surface area contributed by atoms with Crippen LogP contribution in [0.25, 0.3) is 0 Å². The molecule has 1 atom stereocenters. The number of sulfonamides is 1. The third-order valence-electron chi connectivity index (χ3n) is 7.46. The maximum atomic E-state index is 14.4. The monoisotopic (exact) mass is 667 g/mol. The van der Waals surface area contributed by atoms with E-state index in [9.17, 15) is 31.2 Å². The summed E-state index contributed by atoms with van der Waals surface area (Å²) in [6.07, 6.45) is -4.67. The summed E-state index contributed by atoms with van der Waals surface area (Å²) in [5.41, 5.74) is 0.666. The van der Waals surface area contributed by atoms with Gasteiger partial charge in [-0.3, -0.25) is 13.9 Å². The van der Waals surface area contributed by atoms with Crippen molar-refractivity contribution in [3.8, 4) is 5.75 Å². The minimum absolute atomic E-state index is 0.0939. The standard InChI is InChI=1S/C35H36F3N3O5S/c1-4-39-34(43)32(21-26-10-6-5-7-11-26)40(23-27-12-8-15-30(20-27)46-3)33(42)24-41(29-14-9-13-28(22-29)35(36,37)38)47(44,45)31-18-16-25(2)17-19-31/h5-20,22,32H,4,21,23-24H2,1-3H3,(H,39,43)/t32-/m1/s1. The van der Waals surface area contributed by atoms with Crippen LogP contribution in [0.2, 0.25) is 0 Å². The normalized spacial score (nSPS) is 12.2. The van der Waals surface area contributed by atoms with Gasteiger partial charge < -0.3 is 15.0 Å². The highest BCUT2D eigenvalue weighted by molar-refractivity contribution is 7.92. The van der Waals surface area contributed by atoms with E-state index in [1.807, 2.05) is 6.07 Å². The highest BCUT2D eigenvalue weighted by atomic mass is 32.2. The second-order valence-electron chi connectivity index (χ2n) is 10.8. The molecule has 2 amide bonds. The summed E-state index contributed by atoms with van der Waals surface area (Å²) in [5, 5.41) is 2.77. The maximum absolute atomic E-state index is 14.4. The van der Waals surface area contributed by atoms with Gasteiger partial charge >= 0.3 is 6.18 Å². The molecule has 1 N–H and O–H groups in total. The van der Waals surface area contributed by atoms with Crippen LogP contribution in [0, 0.1) is 6.92 Å². The average molecular weight is 668 g/mol. The summed E-state index contributed by atoms with van der Waals surface area (Å²) in [7, 11) is -3.08. The number of carbonyl (C=O) groups is 2. The van der Waals surface area contributed by atoms with E-state index in [0.717, 1.165) is 23.3 Å². The van der Waals surface area contributed by atoms with Crippen LogP contribution in [0.5, 0.6) is 5.75 Å². The number of rotatable bonds is 13. The first kappa shape index (κ1) is 35.0. The van der Waals surface area contributed by atoms with Crippen molar-refractivity contribution in [2.45, 2.75) is 43.9 Å². The fourth-order valence-corrected chi connectivity index (χ4v) is 6.42. The van der Waals surface area contributed by atoms with Crippen LogP contribution in [-0.2, 0) is 38.8 Å². The van der Waals surface area contributed by atoms with Crippen LogP contribution in [0.15, 0.2) is 108 Å². The van der Waals surface area contributed by atoms with Gasteiger partial charge in [-0.1, -0.05) is 66.2 Å². The lowest BCUT2D eigenvalue weighted by atomic mass is 10.0. The molecular weight excluding hydrogens is 631 g/mol. The quantitative estimate of drug-likeness (QED) is 0.189. The molecule has 12 heteroatoms. The molecule has 0 aliphatic heterocycles. The minimum atomic E-state index is -4.77. The number of carbonyl (C=O) groups excluding carboxylic acids is 2. The van der Waals surface area contributed by atoms with Gasteiger partial charge in [-0.15, -0.1) is 0 Å². The Morgan fingerprint density at radius 2 is 1.53 bits per heavy atom. The Morgan fingerprint density at radius 1 is 0.872 bits per heavy atom. The van der Waals surface area contributed by atoms with E-state index in [0.29, 0.717) is 21.7 Å². The van der Waals surface area contributed by atoms with Gasteiger partial charge in [-0.25, -0.2) is 8.42 Å². The number of benzene rings is 4. The molecule has 0 spiro atoms. The second-order valence-corrected chi connectivity index (χ2v) is 12.7. The number of anilines is 1. The lowest BCUT2D eigenvalue weighted by molar-refractivity contribution is -0.140. The number of hydrogen-bond acceptors (Lipinski definition) is 5. The number of alkyl halides is 3. The zero-order valence-electron chi connectivity index (χ0n) is 26.2. The molecule has 0 fully saturated rings. The fraction of sp³-hybridized carbons (Fsp3) is 0.257. The predicted molar refractivity (Wildman–Crippen MR) is 173 cm³/mol. The van der Waals surface area contributed by atoms with Gasteiger partial charge in [-0.2, -0.15) is 13.2 Å². The smallest absolute Gasteiger partial charge is 0.416 e. The predicted octanol–water partition coefficient (Wildman–Crippen LogP) is 5.99. The summed E-state index contributed by atoms with van der Waals surface area (Å²) >= 11 is 0. The Balaban J connectivity index is 1.84. The molecular formula is C35H36F3N3O5S. The molecule has 4 rings (SSSR count). The molecule has 0 saturated carbocycles. The number of nitrogens with one attached hydrogen (secondary N) is 1. The van der Waals surface area contributed by atoms with Gasteiger partial charge in [0.05, 0.1) is 23.3 Å². The molecule has 0 saturated heterocycles. The number of halogens is 3. The topological polar surface area (TPSA) is 96.0 Å². The van der Waals surface area contributed by atoms with Crippen molar-refractivity contribution >= 4 is 27.5 Å². The van der Waals surface area contributed by atoms with Crippen molar-refractivity contribution in [2.24, 2.45) is 0 Å². The largest absolute Gasteiger partial charge is 0.497 e. The first-order chi connectivity index (χ1) is 22.3. The molecule has 0 aliphatic carbocycles. The molecule has 0 aliphatic rings. The van der Waals surface area contributed by atoms with E-state index >= 15 is 0 Å². The van der Waals surface area contributed by atoms with Crippen LogP contribution in [0.3, 0.4) is 0 Å². The molecule has 8 nitrogen and oxygen atoms in total. The Bertz CT molecular complexity index is 1780. The van der Waals surface area contributed by atoms with Gasteiger partial charge in [-0.05, 0) is 67.4 Å². The zero-order chi connectivity index (χ0) is 34.2. The van der Waals surface area contributed by atoms with Crippen molar-refractivity contribution in [2.75, 3.05) is 24.5 Å². The number of aryl methyl sites for hydroxylation is 1. The highest BCUT2D eigenvalue weighted by Crippen LogP contribution is 2.33. The van der Waals surface area contributed by atoms with Crippen molar-refractivity contribution in [3.05, 3.63) is 125 Å². The SMILES string of the molecule is CCNC(=O)[C@@H](Cc1ccccc1)N(Cc1cccc(OC)c1)C(=O)CN(c1cccc(C(F)(F)F)c1)S(=O)(=O)c1ccc(C)cc1. The van der Waals surface area contributed by atoms with E-state index in [2.05, 4.69) is 5.32 Å². The van der Waals surface area contributed by atoms with Crippen LogP contribution in [0.1, 0.15) is 29.2 Å². The van der Waals surface area contributed by atoms with E-state index in [1.165, 1.54) is 30.2 Å². The van der Waals surface area contributed by atoms with Gasteiger partial charge in [0.25, 0.3) is 10.0 Å². The number of likely N-dealkylation sites (N-methyl/N-ethyl adjacent to an activating group) is 1. The Kier molecular flexibility index (Phi) is 11.3. The van der Waals surface area contributed by atoms with Crippen molar-refractivity contribution in [3.63, 3.8) is 0 Å². The second kappa shape index (κ2) is 15.2. The number of methoxy groups -OCH3 is 1. The van der Waals surface area contributed by atoms with E-state index < -0.39 is 46.2 Å². The number of hydrogen-bond donors (Lipinski definition) is 1. The van der Waals surface area contributed by atoms with E-state index in [1.54, 1.807) is 74.5 Å². The van der Waals surface area contributed by atoms with Crippen LogP contribution in [-0.4, -0.2) is 51.4 Å². The molecule has 0 aromatic heterocycles. The van der Waals surface area contributed by atoms with E-state index in [-0.39, 0.29) is 30.1 Å². The highest BCUT2D eigenvalue weighted by Gasteiger charge is 2.36. The molecule has 0 heterocycles. The molecule has 0 bridgehead atoms. The van der Waals surface area contributed by atoms with Crippen molar-refractivity contribution < 1.29 is 35.9 Å². The molecule has 0 radical (unpaired) electrons. The van der Waals surface area contributed by atoms with Crippen LogP contribution in [0.4, 0.5) is 18.9 Å². The lowest BCUT2D eigenvalue weighted by Crippen LogP contribution is -2.53. The van der Waals surface area contributed by atoms with Gasteiger partial charge in [0.15, 0.2) is 0 Å². The summed E-state index contributed by atoms with van der Waals surface area (Å²) in [5.74, 6) is -0.771. The average Bonchev–Trinajstić information content (AvgIpc) is 3.05. The fourth-order valence-electron chi connectivity index (χ4n) is 5.02. The minimum Gasteiger partial charge on any atom is -0.497 e. The Hall–Kier alpha value is -4.84. The first-order valence-electron chi connectivity index (χ1n) is 14.8. The summed E-state index contributed by atoms with van der Waals surface area (Å²) in [4.78, 5) is 29.1. The molecule has 4 aromatic carbocycles. The molecule has 248 valence electrons. The van der Waals surface area contributed by atoms with Gasteiger partial charge in [0, 0.05) is 19.5 Å². The third kappa shape index (κ3) is 8.91. The zero-order valence-corrected chi connectivity index (χ0v) is 27.0. The molecule has 4 aromatic rings.